The molecule has 0 aliphatic heterocycles. The molecule has 0 saturated heterocycles. The Morgan fingerprint density at radius 1 is 0.795 bits per heavy atom. The first-order valence-electron chi connectivity index (χ1n) is 13.3. The Labute approximate surface area is 227 Å². The third kappa shape index (κ3) is 2.86. The second-order valence-corrected chi connectivity index (χ2v) is 10.6. The van der Waals surface area contributed by atoms with Gasteiger partial charge in [0.05, 0.1) is 7.11 Å². The van der Waals surface area contributed by atoms with E-state index in [0.29, 0.717) is 5.75 Å². The van der Waals surface area contributed by atoms with E-state index >= 15 is 0 Å². The Morgan fingerprint density at radius 3 is 1.95 bits per heavy atom. The van der Waals surface area contributed by atoms with Gasteiger partial charge in [0.2, 0.25) is 0 Å². The highest BCUT2D eigenvalue weighted by Gasteiger charge is 2.56. The standard InChI is InChI=1S/C36H24O3/c1-21(37)39-30-19-13-25(14-20-30)33(24-11-17-29(38-2)18-12-24)36-28-15-9-26-7-5-22-3-4-23-6-8-27(10-16-28)35(36)32(23)31(22)34(26)36/h3-13,15-19,28,33H,1-2H3. The number of hydrogen-bond acceptors (Lipinski definition) is 3. The van der Waals surface area contributed by atoms with Crippen LogP contribution in [-0.4, -0.2) is 13.1 Å². The molecule has 0 amide bonds. The van der Waals surface area contributed by atoms with Crippen molar-refractivity contribution in [3.63, 3.8) is 0 Å². The van der Waals surface area contributed by atoms with E-state index < -0.39 is 0 Å². The Kier molecular flexibility index (Phi) is 4.47. The summed E-state index contributed by atoms with van der Waals surface area (Å²) in [5.74, 6) is 0.906. The molecule has 0 saturated carbocycles. The van der Waals surface area contributed by atoms with Crippen LogP contribution in [0.2, 0.25) is 0 Å². The lowest BCUT2D eigenvalue weighted by molar-refractivity contribution is -0.131. The van der Waals surface area contributed by atoms with Crippen molar-refractivity contribution < 1.29 is 14.3 Å². The number of rotatable bonds is 5. The molecule has 0 aromatic heterocycles. The van der Waals surface area contributed by atoms with Gasteiger partial charge in [-0.2, -0.15) is 0 Å². The van der Waals surface area contributed by atoms with Gasteiger partial charge in [-0.3, -0.25) is 4.79 Å². The highest BCUT2D eigenvalue weighted by Crippen LogP contribution is 2.65. The van der Waals surface area contributed by atoms with Crippen molar-refractivity contribution in [3.8, 4) is 11.5 Å². The molecule has 1 atom stereocenters. The minimum absolute atomic E-state index is 0.0768. The molecular weight excluding hydrogens is 480 g/mol. The number of methoxy groups -OCH3 is 1. The van der Waals surface area contributed by atoms with E-state index in [0.717, 1.165) is 11.3 Å². The summed E-state index contributed by atoms with van der Waals surface area (Å²) in [6.07, 6.45) is 9.32. The summed E-state index contributed by atoms with van der Waals surface area (Å²) in [6, 6.07) is 32.4. The minimum atomic E-state index is -0.376. The third-order valence-corrected chi connectivity index (χ3v) is 8.76. The van der Waals surface area contributed by atoms with Crippen LogP contribution in [0.4, 0.5) is 0 Å². The zero-order valence-electron chi connectivity index (χ0n) is 21.6. The van der Waals surface area contributed by atoms with Crippen molar-refractivity contribution in [2.24, 2.45) is 5.92 Å². The van der Waals surface area contributed by atoms with Gasteiger partial charge in [-0.15, -0.1) is 0 Å². The molecule has 3 aliphatic carbocycles. The fraction of sp³-hybridized carbons (Fsp3) is 0.139. The van der Waals surface area contributed by atoms with E-state index in [1.807, 2.05) is 24.3 Å². The van der Waals surface area contributed by atoms with Crippen molar-refractivity contribution in [3.05, 3.63) is 130 Å². The molecule has 0 fully saturated rings. The number of allylic oxidation sites excluding steroid dienone is 2. The average Bonchev–Trinajstić information content (AvgIpc) is 3.29. The van der Waals surface area contributed by atoms with Gasteiger partial charge in [-0.05, 0) is 79.7 Å². The molecule has 3 aliphatic rings. The molecule has 8 rings (SSSR count). The zero-order chi connectivity index (χ0) is 26.3. The van der Waals surface area contributed by atoms with Crippen molar-refractivity contribution in [2.75, 3.05) is 7.11 Å². The Hall–Kier alpha value is -4.81. The second-order valence-electron chi connectivity index (χ2n) is 10.6. The molecule has 0 bridgehead atoms. The van der Waals surface area contributed by atoms with Gasteiger partial charge in [0.25, 0.3) is 0 Å². The molecule has 186 valence electrons. The van der Waals surface area contributed by atoms with Crippen molar-refractivity contribution >= 4 is 39.7 Å². The summed E-state index contributed by atoms with van der Waals surface area (Å²) in [7, 11) is 1.69. The number of benzene rings is 4. The van der Waals surface area contributed by atoms with Crippen molar-refractivity contribution in [1.29, 1.82) is 0 Å². The maximum Gasteiger partial charge on any atom is 0.308 e. The molecule has 3 heteroatoms. The summed E-state index contributed by atoms with van der Waals surface area (Å²) in [5, 5.41) is 5.26. The molecule has 5 aromatic carbocycles. The van der Waals surface area contributed by atoms with Crippen LogP contribution >= 0.6 is 0 Å². The SMILES string of the molecule is COc1ccc(C(c2c#cc(OC(C)=O)cc2)C23c4c5ccc6ccc7ccc(c2c7c46)C=CC3C=C5)cc1. The third-order valence-electron chi connectivity index (χ3n) is 8.76. The maximum absolute atomic E-state index is 11.6. The molecule has 0 heterocycles. The lowest BCUT2D eigenvalue weighted by atomic mass is 9.53. The summed E-state index contributed by atoms with van der Waals surface area (Å²) in [5.41, 5.74) is 7.12. The first-order valence-corrected chi connectivity index (χ1v) is 13.3. The number of ether oxygens (including phenoxy) is 2. The van der Waals surface area contributed by atoms with Crippen LogP contribution in [0.25, 0.3) is 33.7 Å². The van der Waals surface area contributed by atoms with Gasteiger partial charge in [0.1, 0.15) is 5.75 Å². The van der Waals surface area contributed by atoms with E-state index in [1.54, 1.807) is 7.11 Å². The van der Waals surface area contributed by atoms with Crippen LogP contribution in [0.3, 0.4) is 0 Å². The quantitative estimate of drug-likeness (QED) is 0.182. The second kappa shape index (κ2) is 7.85. The van der Waals surface area contributed by atoms with E-state index in [4.69, 9.17) is 9.47 Å². The van der Waals surface area contributed by atoms with Gasteiger partial charge >= 0.3 is 5.97 Å². The molecule has 0 radical (unpaired) electrons. The van der Waals surface area contributed by atoms with Crippen molar-refractivity contribution in [2.45, 2.75) is 18.3 Å². The molecule has 39 heavy (non-hydrogen) atoms. The maximum atomic E-state index is 11.6. The van der Waals surface area contributed by atoms with Gasteiger partial charge in [0.15, 0.2) is 5.75 Å². The van der Waals surface area contributed by atoms with Crippen LogP contribution in [0.15, 0.2) is 84.9 Å². The van der Waals surface area contributed by atoms with Crippen LogP contribution in [0, 0.1) is 18.1 Å². The predicted molar refractivity (Wildman–Crippen MR) is 154 cm³/mol. The summed E-state index contributed by atoms with van der Waals surface area (Å²) < 4.78 is 10.8. The van der Waals surface area contributed by atoms with Gasteiger partial charge in [-0.25, -0.2) is 0 Å². The molecule has 0 N–H and O–H groups in total. The van der Waals surface area contributed by atoms with E-state index in [9.17, 15) is 4.79 Å². The number of carbonyl (C=O) groups is 1. The molecule has 0 spiro atoms. The normalized spacial score (nSPS) is 20.0. The number of esters is 1. The topological polar surface area (TPSA) is 35.5 Å². The minimum Gasteiger partial charge on any atom is -0.497 e. The molecule has 3 nitrogen and oxygen atoms in total. The van der Waals surface area contributed by atoms with Crippen molar-refractivity contribution in [1.82, 2.24) is 0 Å². The Morgan fingerprint density at radius 2 is 1.41 bits per heavy atom. The fourth-order valence-electron chi connectivity index (χ4n) is 7.41. The predicted octanol–water partition coefficient (Wildman–Crippen LogP) is 7.63. The largest absolute Gasteiger partial charge is 0.497 e. The van der Waals surface area contributed by atoms with Crippen LogP contribution in [0.5, 0.6) is 11.5 Å². The van der Waals surface area contributed by atoms with Gasteiger partial charge in [-0.1, -0.05) is 78.9 Å². The summed E-state index contributed by atoms with van der Waals surface area (Å²) in [6.45, 7) is 1.40. The van der Waals surface area contributed by atoms with Crippen LogP contribution < -0.4 is 9.47 Å². The fourth-order valence-corrected chi connectivity index (χ4v) is 7.41. The van der Waals surface area contributed by atoms with Gasteiger partial charge in [0, 0.05) is 29.7 Å². The zero-order valence-corrected chi connectivity index (χ0v) is 21.6. The monoisotopic (exact) mass is 504 g/mol. The lowest BCUT2D eigenvalue weighted by Gasteiger charge is -2.48. The summed E-state index contributed by atoms with van der Waals surface area (Å²) in [4.78, 5) is 11.6. The highest BCUT2D eigenvalue weighted by molar-refractivity contribution is 6.18. The van der Waals surface area contributed by atoms with E-state index in [1.165, 1.54) is 56.3 Å². The van der Waals surface area contributed by atoms with E-state index in [-0.39, 0.29) is 23.2 Å². The molecule has 5 aromatic rings. The lowest BCUT2D eigenvalue weighted by Crippen LogP contribution is -2.43. The summed E-state index contributed by atoms with van der Waals surface area (Å²) >= 11 is 0. The first kappa shape index (κ1) is 22.2. The number of carbonyl (C=O) groups excluding carboxylic acids is 1. The Balaban J connectivity index is 1.49. The first-order chi connectivity index (χ1) is 19.1. The van der Waals surface area contributed by atoms with E-state index in [2.05, 4.69) is 85.0 Å². The van der Waals surface area contributed by atoms with Crippen LogP contribution in [0.1, 0.15) is 46.2 Å². The molecular formula is C36H24O3. The smallest absolute Gasteiger partial charge is 0.308 e. The Bertz CT molecular complexity index is 1810. The van der Waals surface area contributed by atoms with Gasteiger partial charge < -0.3 is 9.47 Å². The average molecular weight is 505 g/mol. The molecule has 1 unspecified atom stereocenters. The number of hydrogen-bond donors (Lipinski definition) is 0. The van der Waals surface area contributed by atoms with Crippen LogP contribution in [-0.2, 0) is 10.2 Å². The highest BCUT2D eigenvalue weighted by atomic mass is 16.5.